The van der Waals surface area contributed by atoms with Gasteiger partial charge in [-0.2, -0.15) is 4.98 Å². The third-order valence-corrected chi connectivity index (χ3v) is 4.69. The molecule has 3 aromatic carbocycles. The molecule has 1 amide bonds. The maximum Gasteiger partial charge on any atom is 0.251 e. The average molecular weight is 399 g/mol. The molecule has 1 N–H and O–H groups in total. The largest absolute Gasteiger partial charge is 0.497 e. The van der Waals surface area contributed by atoms with E-state index in [1.54, 1.807) is 19.2 Å². The molecule has 4 aromatic rings. The zero-order valence-corrected chi connectivity index (χ0v) is 16.5. The highest BCUT2D eigenvalue weighted by Gasteiger charge is 2.23. The summed E-state index contributed by atoms with van der Waals surface area (Å²) in [5, 5.41) is 7.14. The summed E-state index contributed by atoms with van der Waals surface area (Å²) in [6, 6.07) is 25.9. The van der Waals surface area contributed by atoms with Gasteiger partial charge in [0.2, 0.25) is 11.7 Å². The molecule has 0 radical (unpaired) electrons. The Bertz CT molecular complexity index is 1110. The molecule has 0 saturated carbocycles. The molecule has 150 valence electrons. The van der Waals surface area contributed by atoms with Gasteiger partial charge < -0.3 is 14.6 Å². The number of hydrogen-bond acceptors (Lipinski definition) is 5. The Labute approximate surface area is 174 Å². The third kappa shape index (κ3) is 4.55. The van der Waals surface area contributed by atoms with Gasteiger partial charge >= 0.3 is 0 Å². The van der Waals surface area contributed by atoms with Crippen LogP contribution < -0.4 is 10.1 Å². The minimum absolute atomic E-state index is 0.197. The van der Waals surface area contributed by atoms with E-state index in [1.165, 1.54) is 0 Å². The van der Waals surface area contributed by atoms with Crippen molar-refractivity contribution in [3.8, 4) is 17.1 Å². The lowest BCUT2D eigenvalue weighted by Gasteiger charge is -2.15. The summed E-state index contributed by atoms with van der Waals surface area (Å²) < 4.78 is 10.8. The summed E-state index contributed by atoms with van der Waals surface area (Å²) in [4.78, 5) is 17.3. The van der Waals surface area contributed by atoms with Gasteiger partial charge in [0.05, 0.1) is 7.11 Å². The van der Waals surface area contributed by atoms with Crippen LogP contribution in [0.15, 0.2) is 89.5 Å². The summed E-state index contributed by atoms with van der Waals surface area (Å²) in [6.07, 6.45) is 0.527. The summed E-state index contributed by atoms with van der Waals surface area (Å²) in [7, 11) is 1.61. The van der Waals surface area contributed by atoms with Crippen LogP contribution in [0.1, 0.15) is 27.9 Å². The molecule has 1 aromatic heterocycles. The molecular formula is C24H21N3O3. The number of aromatic nitrogens is 2. The summed E-state index contributed by atoms with van der Waals surface area (Å²) in [5.41, 5.74) is 2.40. The number of amides is 1. The summed E-state index contributed by atoms with van der Waals surface area (Å²) in [6.45, 7) is 0. The Morgan fingerprint density at radius 3 is 2.47 bits per heavy atom. The van der Waals surface area contributed by atoms with E-state index in [0.29, 0.717) is 29.4 Å². The number of benzene rings is 3. The van der Waals surface area contributed by atoms with Gasteiger partial charge in [-0.15, -0.1) is 0 Å². The van der Waals surface area contributed by atoms with Crippen molar-refractivity contribution < 1.29 is 14.1 Å². The molecule has 0 aliphatic heterocycles. The van der Waals surface area contributed by atoms with Gasteiger partial charge in [0.15, 0.2) is 0 Å². The van der Waals surface area contributed by atoms with Crippen LogP contribution in [0.4, 0.5) is 0 Å². The fourth-order valence-corrected chi connectivity index (χ4v) is 3.14. The van der Waals surface area contributed by atoms with Crippen molar-refractivity contribution in [3.05, 3.63) is 102 Å². The van der Waals surface area contributed by atoms with E-state index in [2.05, 4.69) is 15.5 Å². The monoisotopic (exact) mass is 399 g/mol. The van der Waals surface area contributed by atoms with E-state index in [1.807, 2.05) is 72.8 Å². The van der Waals surface area contributed by atoms with E-state index in [-0.39, 0.29) is 5.91 Å². The minimum Gasteiger partial charge on any atom is -0.497 e. The van der Waals surface area contributed by atoms with Crippen LogP contribution in [0.25, 0.3) is 11.4 Å². The molecule has 30 heavy (non-hydrogen) atoms. The van der Waals surface area contributed by atoms with E-state index >= 15 is 0 Å². The lowest BCUT2D eigenvalue weighted by molar-refractivity contribution is 0.0928. The Kier molecular flexibility index (Phi) is 5.85. The molecular weight excluding hydrogens is 378 g/mol. The van der Waals surface area contributed by atoms with Crippen LogP contribution in [-0.2, 0) is 6.42 Å². The lowest BCUT2D eigenvalue weighted by Crippen LogP contribution is -2.30. The van der Waals surface area contributed by atoms with Crippen molar-refractivity contribution in [3.63, 3.8) is 0 Å². The van der Waals surface area contributed by atoms with Crippen molar-refractivity contribution in [2.24, 2.45) is 0 Å². The standard InChI is InChI=1S/C24H21N3O3/c1-29-20-14-8-13-19(16-20)22-26-24(30-27-22)21(15-17-9-4-2-5-10-17)25-23(28)18-11-6-3-7-12-18/h2-14,16,21H,15H2,1H3,(H,25,28). The third-order valence-electron chi connectivity index (χ3n) is 4.69. The number of carbonyl (C=O) groups is 1. The maximum absolute atomic E-state index is 12.8. The molecule has 0 saturated heterocycles. The quantitative estimate of drug-likeness (QED) is 0.496. The molecule has 1 heterocycles. The van der Waals surface area contributed by atoms with Crippen molar-refractivity contribution >= 4 is 5.91 Å². The molecule has 4 rings (SSSR count). The van der Waals surface area contributed by atoms with Gasteiger partial charge in [-0.05, 0) is 29.8 Å². The second kappa shape index (κ2) is 9.05. The van der Waals surface area contributed by atoms with E-state index in [4.69, 9.17) is 9.26 Å². The Morgan fingerprint density at radius 1 is 1.00 bits per heavy atom. The number of methoxy groups -OCH3 is 1. The molecule has 0 aliphatic carbocycles. The van der Waals surface area contributed by atoms with Crippen LogP contribution in [0.3, 0.4) is 0 Å². The zero-order valence-electron chi connectivity index (χ0n) is 16.5. The van der Waals surface area contributed by atoms with Crippen molar-refractivity contribution in [2.75, 3.05) is 7.11 Å². The van der Waals surface area contributed by atoms with Crippen LogP contribution in [0, 0.1) is 0 Å². The number of carbonyl (C=O) groups excluding carboxylic acids is 1. The molecule has 1 atom stereocenters. The fourth-order valence-electron chi connectivity index (χ4n) is 3.14. The second-order valence-corrected chi connectivity index (χ2v) is 6.77. The molecule has 0 aliphatic rings. The summed E-state index contributed by atoms with van der Waals surface area (Å²) >= 11 is 0. The van der Waals surface area contributed by atoms with Gasteiger partial charge in [-0.1, -0.05) is 65.8 Å². The molecule has 6 heteroatoms. The second-order valence-electron chi connectivity index (χ2n) is 6.77. The first-order valence-electron chi connectivity index (χ1n) is 9.61. The number of nitrogens with zero attached hydrogens (tertiary/aromatic N) is 2. The molecule has 6 nitrogen and oxygen atoms in total. The highest BCUT2D eigenvalue weighted by atomic mass is 16.5. The minimum atomic E-state index is -0.466. The van der Waals surface area contributed by atoms with Gasteiger partial charge in [0, 0.05) is 17.5 Å². The predicted octanol–water partition coefficient (Wildman–Crippen LogP) is 4.46. The van der Waals surface area contributed by atoms with Gasteiger partial charge in [-0.25, -0.2) is 0 Å². The van der Waals surface area contributed by atoms with Gasteiger partial charge in [0.1, 0.15) is 11.8 Å². The van der Waals surface area contributed by atoms with Crippen molar-refractivity contribution in [2.45, 2.75) is 12.5 Å². The van der Waals surface area contributed by atoms with Gasteiger partial charge in [-0.3, -0.25) is 4.79 Å². The van der Waals surface area contributed by atoms with E-state index in [9.17, 15) is 4.79 Å². The Balaban J connectivity index is 1.62. The highest BCUT2D eigenvalue weighted by Crippen LogP contribution is 2.24. The predicted molar refractivity (Wildman–Crippen MR) is 113 cm³/mol. The first-order valence-corrected chi connectivity index (χ1v) is 9.61. The number of rotatable bonds is 7. The van der Waals surface area contributed by atoms with Crippen LogP contribution >= 0.6 is 0 Å². The fraction of sp³-hybridized carbons (Fsp3) is 0.125. The molecule has 1 unspecified atom stereocenters. The topological polar surface area (TPSA) is 77.3 Å². The molecule has 0 spiro atoms. The van der Waals surface area contributed by atoms with Gasteiger partial charge in [0.25, 0.3) is 5.91 Å². The first kappa shape index (κ1) is 19.4. The maximum atomic E-state index is 12.8. The SMILES string of the molecule is COc1cccc(-c2noc(C(Cc3ccccc3)NC(=O)c3ccccc3)n2)c1. The van der Waals surface area contributed by atoms with Crippen LogP contribution in [-0.4, -0.2) is 23.2 Å². The Hall–Kier alpha value is -3.93. The first-order chi connectivity index (χ1) is 14.7. The lowest BCUT2D eigenvalue weighted by atomic mass is 10.1. The van der Waals surface area contributed by atoms with E-state index < -0.39 is 6.04 Å². The normalized spacial score (nSPS) is 11.6. The summed E-state index contributed by atoms with van der Waals surface area (Å²) in [5.74, 6) is 1.30. The Morgan fingerprint density at radius 2 is 1.73 bits per heavy atom. The molecule has 0 bridgehead atoms. The van der Waals surface area contributed by atoms with Crippen LogP contribution in [0.2, 0.25) is 0 Å². The number of ether oxygens (including phenoxy) is 1. The van der Waals surface area contributed by atoms with Crippen LogP contribution in [0.5, 0.6) is 5.75 Å². The van der Waals surface area contributed by atoms with Crippen molar-refractivity contribution in [1.82, 2.24) is 15.5 Å². The molecule has 0 fully saturated rings. The number of nitrogens with one attached hydrogen (secondary N) is 1. The smallest absolute Gasteiger partial charge is 0.251 e. The highest BCUT2D eigenvalue weighted by molar-refractivity contribution is 5.94. The average Bonchev–Trinajstić information content (AvgIpc) is 3.30. The number of hydrogen-bond donors (Lipinski definition) is 1. The van der Waals surface area contributed by atoms with E-state index in [0.717, 1.165) is 11.1 Å². The zero-order chi connectivity index (χ0) is 20.8. The van der Waals surface area contributed by atoms with Crippen molar-refractivity contribution in [1.29, 1.82) is 0 Å².